The third-order valence-electron chi connectivity index (χ3n) is 3.15. The number of likely N-dealkylation sites (tertiary alicyclic amines) is 1. The number of aryl methyl sites for hydroxylation is 1. The number of nitrogens with one attached hydrogen (secondary N) is 1. The molecule has 0 aromatic heterocycles. The van der Waals surface area contributed by atoms with Gasteiger partial charge in [0.25, 0.3) is 0 Å². The Morgan fingerprint density at radius 2 is 2.00 bits per heavy atom. The first-order valence-electron chi connectivity index (χ1n) is 6.09. The largest absolute Gasteiger partial charge is 0.325 e. The SMILES string of the molecule is Cc1cc(F)c(Br)cc1NC(=O)N1CCCCC1. The van der Waals surface area contributed by atoms with Gasteiger partial charge < -0.3 is 10.2 Å². The molecule has 0 bridgehead atoms. The molecule has 1 aliphatic rings. The van der Waals surface area contributed by atoms with Crippen LogP contribution in [0, 0.1) is 12.7 Å². The number of benzene rings is 1. The van der Waals surface area contributed by atoms with Crippen molar-refractivity contribution in [2.24, 2.45) is 0 Å². The van der Waals surface area contributed by atoms with Crippen molar-refractivity contribution in [2.75, 3.05) is 18.4 Å². The van der Waals surface area contributed by atoms with Crippen LogP contribution in [0.15, 0.2) is 16.6 Å². The van der Waals surface area contributed by atoms with Crippen molar-refractivity contribution in [3.05, 3.63) is 28.0 Å². The summed E-state index contributed by atoms with van der Waals surface area (Å²) in [6, 6.07) is 2.92. The van der Waals surface area contributed by atoms with E-state index in [4.69, 9.17) is 0 Å². The molecule has 0 aliphatic carbocycles. The Morgan fingerprint density at radius 3 is 2.67 bits per heavy atom. The van der Waals surface area contributed by atoms with Gasteiger partial charge in [-0.2, -0.15) is 0 Å². The highest BCUT2D eigenvalue weighted by atomic mass is 79.9. The van der Waals surface area contributed by atoms with E-state index in [0.29, 0.717) is 10.2 Å². The standard InChI is InChI=1S/C13H16BrFN2O/c1-9-7-11(15)10(14)8-12(9)16-13(18)17-5-3-2-4-6-17/h7-8H,2-6H2,1H3,(H,16,18). The monoisotopic (exact) mass is 314 g/mol. The molecule has 3 nitrogen and oxygen atoms in total. The van der Waals surface area contributed by atoms with Crippen LogP contribution in [0.3, 0.4) is 0 Å². The van der Waals surface area contributed by atoms with E-state index in [0.717, 1.165) is 31.5 Å². The van der Waals surface area contributed by atoms with Crippen LogP contribution in [0.25, 0.3) is 0 Å². The minimum atomic E-state index is -0.316. The van der Waals surface area contributed by atoms with E-state index in [1.165, 1.54) is 12.5 Å². The number of hydrogen-bond donors (Lipinski definition) is 1. The van der Waals surface area contributed by atoms with Crippen LogP contribution < -0.4 is 5.32 Å². The van der Waals surface area contributed by atoms with Gasteiger partial charge in [-0.1, -0.05) is 0 Å². The fourth-order valence-electron chi connectivity index (χ4n) is 2.07. The van der Waals surface area contributed by atoms with E-state index in [-0.39, 0.29) is 11.8 Å². The normalized spacial score (nSPS) is 15.6. The molecule has 0 radical (unpaired) electrons. The quantitative estimate of drug-likeness (QED) is 0.837. The maximum Gasteiger partial charge on any atom is 0.321 e. The molecule has 1 N–H and O–H groups in total. The van der Waals surface area contributed by atoms with Crippen LogP contribution in [0.2, 0.25) is 0 Å². The maximum atomic E-state index is 13.3. The van der Waals surface area contributed by atoms with Crippen molar-refractivity contribution < 1.29 is 9.18 Å². The molecule has 98 valence electrons. The lowest BCUT2D eigenvalue weighted by molar-refractivity contribution is 0.200. The van der Waals surface area contributed by atoms with Gasteiger partial charge in [0, 0.05) is 18.8 Å². The minimum Gasteiger partial charge on any atom is -0.325 e. The molecule has 0 spiro atoms. The van der Waals surface area contributed by atoms with Crippen LogP contribution in [0.4, 0.5) is 14.9 Å². The first-order chi connectivity index (χ1) is 8.58. The van der Waals surface area contributed by atoms with Crippen LogP contribution in [-0.4, -0.2) is 24.0 Å². The number of nitrogens with zero attached hydrogens (tertiary/aromatic N) is 1. The summed E-state index contributed by atoms with van der Waals surface area (Å²) in [6.45, 7) is 3.38. The predicted octanol–water partition coefficient (Wildman–Crippen LogP) is 3.91. The Bertz CT molecular complexity index is 459. The number of halogens is 2. The molecule has 2 amide bonds. The highest BCUT2D eigenvalue weighted by Gasteiger charge is 2.17. The lowest BCUT2D eigenvalue weighted by atomic mass is 10.1. The second kappa shape index (κ2) is 5.69. The summed E-state index contributed by atoms with van der Waals surface area (Å²) in [7, 11) is 0. The Morgan fingerprint density at radius 1 is 1.33 bits per heavy atom. The summed E-state index contributed by atoms with van der Waals surface area (Å²) in [5.41, 5.74) is 1.37. The molecule has 18 heavy (non-hydrogen) atoms. The van der Waals surface area contributed by atoms with E-state index in [1.807, 2.05) is 0 Å². The lowest BCUT2D eigenvalue weighted by Gasteiger charge is -2.27. The van der Waals surface area contributed by atoms with Gasteiger partial charge in [0.2, 0.25) is 0 Å². The molecule has 1 aliphatic heterocycles. The lowest BCUT2D eigenvalue weighted by Crippen LogP contribution is -2.38. The third-order valence-corrected chi connectivity index (χ3v) is 3.76. The first-order valence-corrected chi connectivity index (χ1v) is 6.89. The predicted molar refractivity (Wildman–Crippen MR) is 73.3 cm³/mol. The number of rotatable bonds is 1. The van der Waals surface area contributed by atoms with E-state index in [2.05, 4.69) is 21.2 Å². The van der Waals surface area contributed by atoms with Crippen LogP contribution in [0.5, 0.6) is 0 Å². The summed E-state index contributed by atoms with van der Waals surface area (Å²) in [5, 5.41) is 2.84. The van der Waals surface area contributed by atoms with Crippen molar-refractivity contribution in [1.29, 1.82) is 0 Å². The minimum absolute atomic E-state index is 0.101. The molecule has 1 saturated heterocycles. The van der Waals surface area contributed by atoms with Gasteiger partial charge in [-0.15, -0.1) is 0 Å². The number of hydrogen-bond acceptors (Lipinski definition) is 1. The zero-order valence-electron chi connectivity index (χ0n) is 10.3. The zero-order valence-corrected chi connectivity index (χ0v) is 11.9. The fraction of sp³-hybridized carbons (Fsp3) is 0.462. The Labute approximate surface area is 114 Å². The highest BCUT2D eigenvalue weighted by molar-refractivity contribution is 9.10. The van der Waals surface area contributed by atoms with Gasteiger partial charge >= 0.3 is 6.03 Å². The molecule has 1 aromatic carbocycles. The maximum absolute atomic E-state index is 13.3. The van der Waals surface area contributed by atoms with E-state index < -0.39 is 0 Å². The molecule has 2 rings (SSSR count). The number of carbonyl (C=O) groups excluding carboxylic acids is 1. The molecule has 0 atom stereocenters. The molecular formula is C13H16BrFN2O. The van der Waals surface area contributed by atoms with E-state index >= 15 is 0 Å². The average Bonchev–Trinajstić information content (AvgIpc) is 2.37. The van der Waals surface area contributed by atoms with Gasteiger partial charge in [-0.25, -0.2) is 9.18 Å². The second-order valence-corrected chi connectivity index (χ2v) is 5.41. The van der Waals surface area contributed by atoms with Crippen molar-refractivity contribution in [3.63, 3.8) is 0 Å². The van der Waals surface area contributed by atoms with Gasteiger partial charge in [0.05, 0.1) is 4.47 Å². The summed E-state index contributed by atoms with van der Waals surface area (Å²) in [6.07, 6.45) is 3.30. The summed E-state index contributed by atoms with van der Waals surface area (Å²) < 4.78 is 13.6. The Balaban J connectivity index is 2.08. The van der Waals surface area contributed by atoms with Gasteiger partial charge in [-0.3, -0.25) is 0 Å². The number of carbonyl (C=O) groups is 1. The van der Waals surface area contributed by atoms with Gasteiger partial charge in [0.1, 0.15) is 5.82 Å². The van der Waals surface area contributed by atoms with Crippen molar-refractivity contribution in [3.8, 4) is 0 Å². The van der Waals surface area contributed by atoms with Crippen LogP contribution in [-0.2, 0) is 0 Å². The molecule has 1 heterocycles. The summed E-state index contributed by atoms with van der Waals surface area (Å²) in [4.78, 5) is 13.8. The van der Waals surface area contributed by atoms with Crippen molar-refractivity contribution >= 4 is 27.6 Å². The molecule has 0 saturated carbocycles. The van der Waals surface area contributed by atoms with Crippen molar-refractivity contribution in [1.82, 2.24) is 4.90 Å². The van der Waals surface area contributed by atoms with Crippen molar-refractivity contribution in [2.45, 2.75) is 26.2 Å². The van der Waals surface area contributed by atoms with Crippen LogP contribution >= 0.6 is 15.9 Å². The molecule has 1 aromatic rings. The zero-order chi connectivity index (χ0) is 13.1. The Kier molecular flexibility index (Phi) is 4.22. The molecular weight excluding hydrogens is 299 g/mol. The second-order valence-electron chi connectivity index (χ2n) is 4.56. The summed E-state index contributed by atoms with van der Waals surface area (Å²) >= 11 is 3.13. The number of anilines is 1. The summed E-state index contributed by atoms with van der Waals surface area (Å²) in [5.74, 6) is -0.316. The van der Waals surface area contributed by atoms with E-state index in [1.54, 1.807) is 17.9 Å². The van der Waals surface area contributed by atoms with Crippen LogP contribution in [0.1, 0.15) is 24.8 Å². The molecule has 0 unspecified atom stereocenters. The van der Waals surface area contributed by atoms with Gasteiger partial charge in [0.15, 0.2) is 0 Å². The van der Waals surface area contributed by atoms with E-state index in [9.17, 15) is 9.18 Å². The molecule has 1 fully saturated rings. The number of amides is 2. The average molecular weight is 315 g/mol. The number of urea groups is 1. The highest BCUT2D eigenvalue weighted by Crippen LogP contribution is 2.24. The Hall–Kier alpha value is -1.10. The smallest absolute Gasteiger partial charge is 0.321 e. The topological polar surface area (TPSA) is 32.3 Å². The fourth-order valence-corrected chi connectivity index (χ4v) is 2.42. The first kappa shape index (κ1) is 13.3. The third kappa shape index (κ3) is 3.02. The van der Waals surface area contributed by atoms with Gasteiger partial charge in [-0.05, 0) is 59.8 Å². The molecule has 5 heteroatoms. The number of piperidine rings is 1.